The predicted molar refractivity (Wildman–Crippen MR) is 92.4 cm³/mol. The summed E-state index contributed by atoms with van der Waals surface area (Å²) in [6.07, 6.45) is 29.0. The fourth-order valence-electron chi connectivity index (χ4n) is 2.08. The molecule has 0 nitrogen and oxygen atoms in total. The second-order valence-electron chi connectivity index (χ2n) is 4.99. The standard InChI is InChI=1S/3C7H9.Ce/c3*1-2-7-5-3-4-6-7;/h3*3,5H,2,4H2,1H3;/q3*-1;+3. The van der Waals surface area contributed by atoms with Crippen molar-refractivity contribution in [2.24, 2.45) is 0 Å². The molecule has 0 bridgehead atoms. The summed E-state index contributed by atoms with van der Waals surface area (Å²) in [5.74, 6) is 0. The van der Waals surface area contributed by atoms with Crippen molar-refractivity contribution in [3.05, 3.63) is 71.4 Å². The molecule has 0 saturated carbocycles. The van der Waals surface area contributed by atoms with E-state index in [4.69, 9.17) is 0 Å². The Labute approximate surface area is 171 Å². The Hall–Kier alpha value is -0.183. The topological polar surface area (TPSA) is 0 Å². The third-order valence-corrected chi connectivity index (χ3v) is 3.44. The molecule has 1 heteroatoms. The summed E-state index contributed by atoms with van der Waals surface area (Å²) < 4.78 is 0. The summed E-state index contributed by atoms with van der Waals surface area (Å²) >= 11 is 0. The molecule has 0 aliphatic heterocycles. The first-order valence-corrected chi connectivity index (χ1v) is 8.08. The van der Waals surface area contributed by atoms with Crippen molar-refractivity contribution in [1.82, 2.24) is 0 Å². The largest absolute Gasteiger partial charge is 3.00 e. The molecule has 0 aromatic carbocycles. The van der Waals surface area contributed by atoms with E-state index >= 15 is 0 Å². The molecular formula is C21H27Ce. The van der Waals surface area contributed by atoms with E-state index in [1.165, 1.54) is 16.7 Å². The first kappa shape index (κ1) is 21.8. The van der Waals surface area contributed by atoms with E-state index in [9.17, 15) is 0 Å². The zero-order chi connectivity index (χ0) is 15.3. The van der Waals surface area contributed by atoms with Crippen LogP contribution in [0.4, 0.5) is 0 Å². The summed E-state index contributed by atoms with van der Waals surface area (Å²) in [4.78, 5) is 0. The zero-order valence-electron chi connectivity index (χ0n) is 14.2. The SMILES string of the molecule is CCC1=[C-]CC=C1.CCC1=[C-]CC=C1.CCC1=[C-]CC=C1.[Ce+3]. The molecule has 0 aromatic heterocycles. The molecule has 22 heavy (non-hydrogen) atoms. The first-order valence-electron chi connectivity index (χ1n) is 8.08. The smallest absolute Gasteiger partial charge is 0.270 e. The van der Waals surface area contributed by atoms with E-state index in [0.717, 1.165) is 38.5 Å². The van der Waals surface area contributed by atoms with Gasteiger partial charge >= 0.3 is 41.7 Å². The summed E-state index contributed by atoms with van der Waals surface area (Å²) in [7, 11) is 0. The van der Waals surface area contributed by atoms with Crippen molar-refractivity contribution in [1.29, 1.82) is 0 Å². The number of hydrogen-bond acceptors (Lipinski definition) is 0. The second kappa shape index (κ2) is 14.4. The van der Waals surface area contributed by atoms with Gasteiger partial charge in [-0.2, -0.15) is 18.2 Å². The number of rotatable bonds is 3. The molecule has 115 valence electrons. The molecule has 0 heterocycles. The molecule has 0 unspecified atom stereocenters. The van der Waals surface area contributed by atoms with Gasteiger partial charge in [0.25, 0.3) is 0 Å². The maximum Gasteiger partial charge on any atom is 3.00 e. The minimum atomic E-state index is 0. The maximum absolute atomic E-state index is 3.21. The van der Waals surface area contributed by atoms with Gasteiger partial charge in [0.05, 0.1) is 0 Å². The summed E-state index contributed by atoms with van der Waals surface area (Å²) in [5.41, 5.74) is 4.08. The predicted octanol–water partition coefficient (Wildman–Crippen LogP) is 6.26. The van der Waals surface area contributed by atoms with Crippen LogP contribution in [0.1, 0.15) is 59.3 Å². The van der Waals surface area contributed by atoms with Crippen LogP contribution in [-0.4, -0.2) is 0 Å². The normalized spacial score (nSPS) is 16.8. The summed E-state index contributed by atoms with van der Waals surface area (Å²) in [5, 5.41) is 0. The summed E-state index contributed by atoms with van der Waals surface area (Å²) in [6.45, 7) is 6.45. The third kappa shape index (κ3) is 9.76. The van der Waals surface area contributed by atoms with Gasteiger partial charge < -0.3 is 0 Å². The van der Waals surface area contributed by atoms with E-state index in [0.29, 0.717) is 0 Å². The fourth-order valence-corrected chi connectivity index (χ4v) is 2.08. The molecule has 0 saturated heterocycles. The molecule has 3 rings (SSSR count). The molecule has 0 N–H and O–H groups in total. The van der Waals surface area contributed by atoms with Crippen LogP contribution >= 0.6 is 0 Å². The van der Waals surface area contributed by atoms with Crippen LogP contribution in [-0.2, 0) is 0 Å². The van der Waals surface area contributed by atoms with Crippen molar-refractivity contribution in [3.8, 4) is 0 Å². The van der Waals surface area contributed by atoms with E-state index in [-0.39, 0.29) is 41.7 Å². The molecule has 0 amide bonds. The van der Waals surface area contributed by atoms with Gasteiger partial charge in [0.2, 0.25) is 0 Å². The van der Waals surface area contributed by atoms with Gasteiger partial charge in [-0.3, -0.25) is 18.2 Å². The average Bonchev–Trinajstić information content (AvgIpc) is 3.31. The first-order chi connectivity index (χ1) is 10.3. The van der Waals surface area contributed by atoms with E-state index in [1.54, 1.807) is 0 Å². The Morgan fingerprint density at radius 2 is 0.909 bits per heavy atom. The van der Waals surface area contributed by atoms with Crippen LogP contribution in [0.2, 0.25) is 0 Å². The van der Waals surface area contributed by atoms with Crippen LogP contribution in [0.3, 0.4) is 0 Å². The third-order valence-electron chi connectivity index (χ3n) is 3.44. The van der Waals surface area contributed by atoms with Gasteiger partial charge in [0.15, 0.2) is 0 Å². The van der Waals surface area contributed by atoms with Crippen molar-refractivity contribution in [2.75, 3.05) is 0 Å². The Morgan fingerprint density at radius 3 is 1.00 bits per heavy atom. The van der Waals surface area contributed by atoms with Gasteiger partial charge in [-0.1, -0.05) is 40.0 Å². The molecular weight excluding hydrogens is 392 g/mol. The molecule has 0 aromatic rings. The van der Waals surface area contributed by atoms with Crippen molar-refractivity contribution in [3.63, 3.8) is 0 Å². The molecule has 0 fully saturated rings. The van der Waals surface area contributed by atoms with Crippen molar-refractivity contribution < 1.29 is 41.7 Å². The van der Waals surface area contributed by atoms with Crippen LogP contribution < -0.4 is 0 Å². The zero-order valence-corrected chi connectivity index (χ0v) is 17.3. The van der Waals surface area contributed by atoms with Gasteiger partial charge in [0, 0.05) is 0 Å². The molecule has 3 aliphatic carbocycles. The van der Waals surface area contributed by atoms with Gasteiger partial charge in [-0.15, -0.1) is 19.3 Å². The molecule has 0 atom stereocenters. The van der Waals surface area contributed by atoms with Crippen LogP contribution in [0.15, 0.2) is 53.2 Å². The monoisotopic (exact) mass is 419 g/mol. The van der Waals surface area contributed by atoms with E-state index in [2.05, 4.69) is 75.5 Å². The van der Waals surface area contributed by atoms with Crippen LogP contribution in [0, 0.1) is 60.0 Å². The molecule has 1 radical (unpaired) electrons. The number of hydrogen-bond donors (Lipinski definition) is 0. The quantitative estimate of drug-likeness (QED) is 0.474. The number of allylic oxidation sites excluding steroid dienone is 12. The van der Waals surface area contributed by atoms with E-state index < -0.39 is 0 Å². The van der Waals surface area contributed by atoms with Crippen molar-refractivity contribution in [2.45, 2.75) is 59.3 Å². The van der Waals surface area contributed by atoms with Crippen LogP contribution in [0.25, 0.3) is 0 Å². The minimum Gasteiger partial charge on any atom is -0.270 e. The summed E-state index contributed by atoms with van der Waals surface area (Å²) in [6, 6.07) is 0. The van der Waals surface area contributed by atoms with Crippen LogP contribution in [0.5, 0.6) is 0 Å². The van der Waals surface area contributed by atoms with Gasteiger partial charge in [0.1, 0.15) is 0 Å². The fraction of sp³-hybridized carbons (Fsp3) is 0.429. The van der Waals surface area contributed by atoms with E-state index in [1.807, 2.05) is 0 Å². The average molecular weight is 420 g/mol. The minimum absolute atomic E-state index is 0. The van der Waals surface area contributed by atoms with Gasteiger partial charge in [-0.25, -0.2) is 34.9 Å². The Balaban J connectivity index is 0.000000294. The van der Waals surface area contributed by atoms with Gasteiger partial charge in [-0.05, 0) is 0 Å². The van der Waals surface area contributed by atoms with Crippen molar-refractivity contribution >= 4 is 0 Å². The Morgan fingerprint density at radius 1 is 0.636 bits per heavy atom. The maximum atomic E-state index is 3.21. The molecule has 3 aliphatic rings. The Bertz CT molecular complexity index is 399. The Kier molecular flexibility index (Phi) is 14.3. The second-order valence-corrected chi connectivity index (χ2v) is 4.99. The molecule has 0 spiro atoms.